The fourth-order valence-electron chi connectivity index (χ4n) is 1.66. The first-order valence-electron chi connectivity index (χ1n) is 5.58. The fraction of sp³-hybridized carbons (Fsp3) is 0.333. The number of halogens is 1. The molecule has 5 heteroatoms. The molecular weight excluding hydrogens is 238 g/mol. The smallest absolute Gasteiger partial charge is 0.253 e. The summed E-state index contributed by atoms with van der Waals surface area (Å²) in [5.74, 6) is 0.412. The third kappa shape index (κ3) is 2.58. The predicted molar refractivity (Wildman–Crippen MR) is 68.1 cm³/mol. The number of hydrogen-bond acceptors (Lipinski definition) is 2. The van der Waals surface area contributed by atoms with Gasteiger partial charge in [-0.25, -0.2) is 0 Å². The molecule has 1 aromatic carbocycles. The molecule has 17 heavy (non-hydrogen) atoms. The van der Waals surface area contributed by atoms with Crippen LogP contribution in [0.5, 0.6) is 0 Å². The van der Waals surface area contributed by atoms with Crippen molar-refractivity contribution in [3.05, 3.63) is 34.9 Å². The summed E-state index contributed by atoms with van der Waals surface area (Å²) < 4.78 is 0. The zero-order valence-electron chi connectivity index (χ0n) is 9.53. The van der Waals surface area contributed by atoms with Gasteiger partial charge in [0.2, 0.25) is 0 Å². The van der Waals surface area contributed by atoms with Gasteiger partial charge in [-0.2, -0.15) is 0 Å². The lowest BCUT2D eigenvalue weighted by molar-refractivity contribution is -0.120. The Hall–Kier alpha value is -1.55. The molecule has 1 aromatic rings. The van der Waals surface area contributed by atoms with Crippen LogP contribution in [0.1, 0.15) is 24.9 Å². The van der Waals surface area contributed by atoms with Gasteiger partial charge in [0.15, 0.2) is 5.96 Å². The zero-order valence-corrected chi connectivity index (χ0v) is 10.3. The molecule has 0 saturated carbocycles. The number of hydrogen-bond donors (Lipinski definition) is 2. The van der Waals surface area contributed by atoms with Crippen molar-refractivity contribution in [3.8, 4) is 0 Å². The number of carbonyl (C=O) groups excluding carboxylic acids is 1. The third-order valence-corrected chi connectivity index (χ3v) is 2.84. The summed E-state index contributed by atoms with van der Waals surface area (Å²) in [6.07, 6.45) is 0.942. The number of carbonyl (C=O) groups is 1. The molecule has 0 bridgehead atoms. The Morgan fingerprint density at radius 1 is 1.41 bits per heavy atom. The van der Waals surface area contributed by atoms with Crippen LogP contribution >= 0.6 is 11.6 Å². The predicted octanol–water partition coefficient (Wildman–Crippen LogP) is 1.87. The first kappa shape index (κ1) is 11.9. The minimum atomic E-state index is -0.445. The van der Waals surface area contributed by atoms with Gasteiger partial charge in [0.05, 0.1) is 0 Å². The molecule has 0 aromatic heterocycles. The highest BCUT2D eigenvalue weighted by atomic mass is 35.5. The average molecular weight is 252 g/mol. The standard InChI is InChI=1S/C12H14ClN3O/c1-2-7-14-12-15-10(11(17)16-12)8-5-3-4-6-9(8)13/h3-6,10H,2,7H2,1H3,(H2,14,15,16,17). The number of nitrogens with one attached hydrogen (secondary N) is 2. The molecule has 1 aliphatic rings. The van der Waals surface area contributed by atoms with Crippen molar-refractivity contribution in [2.24, 2.45) is 4.99 Å². The molecule has 0 spiro atoms. The van der Waals surface area contributed by atoms with Gasteiger partial charge in [0, 0.05) is 17.1 Å². The normalized spacial score (nSPS) is 21.4. The summed E-state index contributed by atoms with van der Waals surface area (Å²) >= 11 is 6.06. The van der Waals surface area contributed by atoms with Gasteiger partial charge in [-0.05, 0) is 12.5 Å². The van der Waals surface area contributed by atoms with E-state index in [1.807, 2.05) is 25.1 Å². The van der Waals surface area contributed by atoms with Crippen molar-refractivity contribution >= 4 is 23.5 Å². The topological polar surface area (TPSA) is 53.5 Å². The van der Waals surface area contributed by atoms with Gasteiger partial charge in [-0.1, -0.05) is 36.7 Å². The summed E-state index contributed by atoms with van der Waals surface area (Å²) in [6.45, 7) is 2.73. The number of nitrogens with zero attached hydrogens (tertiary/aromatic N) is 1. The molecule has 1 unspecified atom stereocenters. The lowest BCUT2D eigenvalue weighted by Gasteiger charge is -2.09. The Kier molecular flexibility index (Phi) is 3.64. The van der Waals surface area contributed by atoms with Crippen molar-refractivity contribution in [2.75, 3.05) is 6.54 Å². The number of guanidine groups is 1. The molecule has 1 heterocycles. The van der Waals surface area contributed by atoms with E-state index in [2.05, 4.69) is 15.6 Å². The molecule has 1 aliphatic heterocycles. The molecule has 1 fully saturated rings. The van der Waals surface area contributed by atoms with Crippen LogP contribution in [0.4, 0.5) is 0 Å². The minimum absolute atomic E-state index is 0.118. The molecule has 1 amide bonds. The van der Waals surface area contributed by atoms with Gasteiger partial charge in [0.25, 0.3) is 5.91 Å². The summed E-state index contributed by atoms with van der Waals surface area (Å²) in [4.78, 5) is 16.0. The summed E-state index contributed by atoms with van der Waals surface area (Å²) in [7, 11) is 0. The van der Waals surface area contributed by atoms with Crippen LogP contribution in [0, 0.1) is 0 Å². The molecule has 0 aliphatic carbocycles. The maximum absolute atomic E-state index is 11.8. The minimum Gasteiger partial charge on any atom is -0.340 e. The number of benzene rings is 1. The summed E-state index contributed by atoms with van der Waals surface area (Å²) in [5.41, 5.74) is 0.772. The van der Waals surface area contributed by atoms with E-state index in [0.29, 0.717) is 17.5 Å². The molecule has 90 valence electrons. The van der Waals surface area contributed by atoms with Crippen molar-refractivity contribution in [2.45, 2.75) is 19.4 Å². The van der Waals surface area contributed by atoms with Crippen molar-refractivity contribution in [1.29, 1.82) is 0 Å². The molecule has 4 nitrogen and oxygen atoms in total. The summed E-state index contributed by atoms with van der Waals surface area (Å²) in [5, 5.41) is 6.32. The second-order valence-electron chi connectivity index (χ2n) is 3.82. The van der Waals surface area contributed by atoms with Crippen LogP contribution in [0.3, 0.4) is 0 Å². The number of rotatable bonds is 3. The molecule has 2 N–H and O–H groups in total. The summed E-state index contributed by atoms with van der Waals surface area (Å²) in [6, 6.07) is 6.86. The van der Waals surface area contributed by atoms with E-state index in [0.717, 1.165) is 12.0 Å². The maximum Gasteiger partial charge on any atom is 0.253 e. The van der Waals surface area contributed by atoms with E-state index in [1.165, 1.54) is 0 Å². The molecule has 2 rings (SSSR count). The van der Waals surface area contributed by atoms with Crippen LogP contribution in [0.15, 0.2) is 29.3 Å². The third-order valence-electron chi connectivity index (χ3n) is 2.49. The second kappa shape index (κ2) is 5.19. The van der Waals surface area contributed by atoms with Gasteiger partial charge in [-0.3, -0.25) is 15.1 Å². The Balaban J connectivity index is 2.19. The van der Waals surface area contributed by atoms with Crippen molar-refractivity contribution in [3.63, 3.8) is 0 Å². The molecule has 0 radical (unpaired) electrons. The Bertz CT molecular complexity index is 459. The number of aliphatic imine (C=N–C) groups is 1. The van der Waals surface area contributed by atoms with Gasteiger partial charge in [-0.15, -0.1) is 0 Å². The molecule has 1 saturated heterocycles. The van der Waals surface area contributed by atoms with Crippen LogP contribution in [-0.2, 0) is 4.79 Å². The van der Waals surface area contributed by atoms with E-state index in [1.54, 1.807) is 6.07 Å². The lowest BCUT2D eigenvalue weighted by atomic mass is 10.1. The highest BCUT2D eigenvalue weighted by Gasteiger charge is 2.30. The quantitative estimate of drug-likeness (QED) is 0.862. The van der Waals surface area contributed by atoms with E-state index in [-0.39, 0.29) is 5.91 Å². The van der Waals surface area contributed by atoms with Gasteiger partial charge in [0.1, 0.15) is 6.04 Å². The lowest BCUT2D eigenvalue weighted by Crippen LogP contribution is -2.25. The van der Waals surface area contributed by atoms with Crippen LogP contribution < -0.4 is 10.6 Å². The van der Waals surface area contributed by atoms with Crippen LogP contribution in [-0.4, -0.2) is 18.4 Å². The Morgan fingerprint density at radius 2 is 2.18 bits per heavy atom. The molecule has 1 atom stereocenters. The average Bonchev–Trinajstić information content (AvgIpc) is 2.68. The Morgan fingerprint density at radius 3 is 2.88 bits per heavy atom. The first-order valence-corrected chi connectivity index (χ1v) is 5.96. The van der Waals surface area contributed by atoms with Gasteiger partial charge >= 0.3 is 0 Å². The van der Waals surface area contributed by atoms with E-state index >= 15 is 0 Å². The van der Waals surface area contributed by atoms with E-state index in [4.69, 9.17) is 11.6 Å². The zero-order chi connectivity index (χ0) is 12.3. The SMILES string of the molecule is CCCN=C1NC(=O)C(c2ccccc2Cl)N1. The highest BCUT2D eigenvalue weighted by molar-refractivity contribution is 6.31. The molecular formula is C12H14ClN3O. The van der Waals surface area contributed by atoms with Gasteiger partial charge < -0.3 is 5.32 Å². The maximum atomic E-state index is 11.8. The van der Waals surface area contributed by atoms with Crippen LogP contribution in [0.25, 0.3) is 0 Å². The second-order valence-corrected chi connectivity index (χ2v) is 4.23. The number of amides is 1. The van der Waals surface area contributed by atoms with Crippen molar-refractivity contribution in [1.82, 2.24) is 10.6 Å². The highest BCUT2D eigenvalue weighted by Crippen LogP contribution is 2.24. The largest absolute Gasteiger partial charge is 0.340 e. The van der Waals surface area contributed by atoms with Crippen LogP contribution in [0.2, 0.25) is 5.02 Å². The fourth-order valence-corrected chi connectivity index (χ4v) is 1.91. The van der Waals surface area contributed by atoms with E-state index in [9.17, 15) is 4.79 Å². The monoisotopic (exact) mass is 251 g/mol. The first-order chi connectivity index (χ1) is 8.22. The van der Waals surface area contributed by atoms with E-state index < -0.39 is 6.04 Å². The Labute approximate surface area is 105 Å². The van der Waals surface area contributed by atoms with Crippen molar-refractivity contribution < 1.29 is 4.79 Å².